The molecule has 3 aromatic rings. The molecule has 0 bridgehead atoms. The van der Waals surface area contributed by atoms with Crippen molar-refractivity contribution in [1.82, 2.24) is 9.97 Å². The number of carbonyl (C=O) groups is 1. The Labute approximate surface area is 158 Å². The van der Waals surface area contributed by atoms with E-state index in [9.17, 15) is 4.79 Å². The van der Waals surface area contributed by atoms with Crippen molar-refractivity contribution in [2.45, 2.75) is 19.8 Å². The van der Waals surface area contributed by atoms with E-state index in [1.807, 2.05) is 42.5 Å². The second kappa shape index (κ2) is 7.61. The molecule has 0 aliphatic carbocycles. The third-order valence-corrected chi connectivity index (χ3v) is 4.97. The van der Waals surface area contributed by atoms with Gasteiger partial charge < -0.3 is 15.5 Å². The van der Waals surface area contributed by atoms with Crippen molar-refractivity contribution in [3.8, 4) is 0 Å². The molecule has 0 unspecified atom stereocenters. The van der Waals surface area contributed by atoms with Gasteiger partial charge in [0.15, 0.2) is 0 Å². The van der Waals surface area contributed by atoms with Crippen molar-refractivity contribution in [3.63, 3.8) is 0 Å². The van der Waals surface area contributed by atoms with Gasteiger partial charge in [0.25, 0.3) is 0 Å². The van der Waals surface area contributed by atoms with Gasteiger partial charge in [-0.15, -0.1) is 0 Å². The van der Waals surface area contributed by atoms with Gasteiger partial charge in [-0.3, -0.25) is 0 Å². The minimum atomic E-state index is -0.312. The Morgan fingerprint density at radius 3 is 2.37 bits per heavy atom. The van der Waals surface area contributed by atoms with Crippen molar-refractivity contribution >= 4 is 34.1 Å². The van der Waals surface area contributed by atoms with Crippen molar-refractivity contribution in [3.05, 3.63) is 54.9 Å². The second-order valence-electron chi connectivity index (χ2n) is 7.08. The highest BCUT2D eigenvalue weighted by atomic mass is 16.2. The van der Waals surface area contributed by atoms with E-state index in [1.54, 1.807) is 12.4 Å². The fraction of sp³-hybridized carbons (Fsp3) is 0.286. The van der Waals surface area contributed by atoms with Gasteiger partial charge in [-0.05, 0) is 41.7 Å². The number of hydrogen-bond donors (Lipinski definition) is 2. The summed E-state index contributed by atoms with van der Waals surface area (Å²) in [5, 5.41) is 7.85. The Balaban J connectivity index is 1.37. The van der Waals surface area contributed by atoms with E-state index in [1.165, 1.54) is 0 Å². The zero-order valence-electron chi connectivity index (χ0n) is 15.4. The molecule has 138 valence electrons. The molecule has 1 saturated heterocycles. The number of anilines is 3. The van der Waals surface area contributed by atoms with Crippen LogP contribution in [0, 0.1) is 5.92 Å². The maximum atomic E-state index is 12.3. The number of rotatable bonds is 3. The first kappa shape index (κ1) is 17.3. The third kappa shape index (κ3) is 4.16. The number of hydrogen-bond acceptors (Lipinski definition) is 4. The molecule has 4 rings (SSSR count). The summed E-state index contributed by atoms with van der Waals surface area (Å²) in [6.45, 7) is 4.24. The highest BCUT2D eigenvalue weighted by Crippen LogP contribution is 2.21. The molecule has 2 aromatic carbocycles. The van der Waals surface area contributed by atoms with Crippen LogP contribution in [0.3, 0.4) is 0 Å². The van der Waals surface area contributed by atoms with E-state index in [0.29, 0.717) is 5.69 Å². The molecular formula is C21H23N5O. The predicted molar refractivity (Wildman–Crippen MR) is 109 cm³/mol. The van der Waals surface area contributed by atoms with E-state index >= 15 is 0 Å². The van der Waals surface area contributed by atoms with E-state index in [2.05, 4.69) is 32.4 Å². The smallest absolute Gasteiger partial charge is 0.323 e. The van der Waals surface area contributed by atoms with Crippen LogP contribution in [-0.4, -0.2) is 29.1 Å². The maximum Gasteiger partial charge on any atom is 0.323 e. The van der Waals surface area contributed by atoms with Crippen LogP contribution in [0.15, 0.2) is 54.9 Å². The van der Waals surface area contributed by atoms with Gasteiger partial charge >= 0.3 is 6.03 Å². The van der Waals surface area contributed by atoms with Crippen LogP contribution in [0.5, 0.6) is 0 Å². The lowest BCUT2D eigenvalue weighted by Crippen LogP contribution is -2.34. The summed E-state index contributed by atoms with van der Waals surface area (Å²) >= 11 is 0. The van der Waals surface area contributed by atoms with Gasteiger partial charge in [-0.1, -0.05) is 37.3 Å². The number of nitrogens with zero attached hydrogens (tertiary/aromatic N) is 3. The standard InChI is InChI=1S/C21H23N5O/c1-15-8-10-26(11-9-15)20-22-13-19(14-23-20)25-21(27)24-18-7-6-16-4-2-3-5-17(16)12-18/h2-7,12-15H,8-11H2,1H3,(H2,24,25,27). The molecule has 0 radical (unpaired) electrons. The number of amides is 2. The molecule has 1 aliphatic rings. The van der Waals surface area contributed by atoms with Crippen molar-refractivity contribution < 1.29 is 4.79 Å². The molecule has 0 atom stereocenters. The molecule has 0 spiro atoms. The van der Waals surface area contributed by atoms with E-state index in [-0.39, 0.29) is 6.03 Å². The predicted octanol–water partition coefficient (Wildman–Crippen LogP) is 4.51. The quantitative estimate of drug-likeness (QED) is 0.720. The van der Waals surface area contributed by atoms with Crippen LogP contribution in [0.25, 0.3) is 10.8 Å². The average Bonchev–Trinajstić information content (AvgIpc) is 2.69. The average molecular weight is 361 g/mol. The topological polar surface area (TPSA) is 70.2 Å². The maximum absolute atomic E-state index is 12.3. The third-order valence-electron chi connectivity index (χ3n) is 4.97. The molecule has 6 heteroatoms. The van der Waals surface area contributed by atoms with E-state index < -0.39 is 0 Å². The van der Waals surface area contributed by atoms with Crippen molar-refractivity contribution in [1.29, 1.82) is 0 Å². The number of benzene rings is 2. The Kier molecular flexibility index (Phi) is 4.87. The number of nitrogens with one attached hydrogen (secondary N) is 2. The molecule has 1 fully saturated rings. The fourth-order valence-electron chi connectivity index (χ4n) is 3.32. The SMILES string of the molecule is CC1CCN(c2ncc(NC(=O)Nc3ccc4ccccc4c3)cn2)CC1. The molecule has 0 saturated carbocycles. The van der Waals surface area contributed by atoms with Gasteiger partial charge in [-0.25, -0.2) is 14.8 Å². The summed E-state index contributed by atoms with van der Waals surface area (Å²) in [6, 6.07) is 13.6. The second-order valence-corrected chi connectivity index (χ2v) is 7.08. The van der Waals surface area contributed by atoms with Crippen LogP contribution in [-0.2, 0) is 0 Å². The monoisotopic (exact) mass is 361 g/mol. The fourth-order valence-corrected chi connectivity index (χ4v) is 3.32. The lowest BCUT2D eigenvalue weighted by Gasteiger charge is -2.30. The zero-order valence-corrected chi connectivity index (χ0v) is 15.4. The first-order chi connectivity index (χ1) is 13.2. The van der Waals surface area contributed by atoms with E-state index in [0.717, 1.165) is 54.3 Å². The highest BCUT2D eigenvalue weighted by Gasteiger charge is 2.17. The lowest BCUT2D eigenvalue weighted by molar-refractivity contribution is 0.262. The Hall–Kier alpha value is -3.15. The Morgan fingerprint density at radius 2 is 1.63 bits per heavy atom. The van der Waals surface area contributed by atoms with Gasteiger partial charge in [-0.2, -0.15) is 0 Å². The van der Waals surface area contributed by atoms with Crippen LogP contribution >= 0.6 is 0 Å². The summed E-state index contributed by atoms with van der Waals surface area (Å²) < 4.78 is 0. The summed E-state index contributed by atoms with van der Waals surface area (Å²) in [5.74, 6) is 1.49. The van der Waals surface area contributed by atoms with Crippen LogP contribution < -0.4 is 15.5 Å². The molecule has 1 aliphatic heterocycles. The van der Waals surface area contributed by atoms with Gasteiger partial charge in [0.1, 0.15) is 0 Å². The van der Waals surface area contributed by atoms with E-state index in [4.69, 9.17) is 0 Å². The molecule has 2 amide bonds. The Morgan fingerprint density at radius 1 is 0.963 bits per heavy atom. The summed E-state index contributed by atoms with van der Waals surface area (Å²) in [5.41, 5.74) is 1.31. The normalized spacial score (nSPS) is 14.9. The zero-order chi connectivity index (χ0) is 18.6. The molecule has 1 aromatic heterocycles. The minimum Gasteiger partial charge on any atom is -0.341 e. The molecule has 6 nitrogen and oxygen atoms in total. The van der Waals surface area contributed by atoms with Gasteiger partial charge in [0.2, 0.25) is 5.95 Å². The van der Waals surface area contributed by atoms with Crippen molar-refractivity contribution in [2.24, 2.45) is 5.92 Å². The van der Waals surface area contributed by atoms with Crippen LogP contribution in [0.1, 0.15) is 19.8 Å². The van der Waals surface area contributed by atoms with Gasteiger partial charge in [0.05, 0.1) is 18.1 Å². The number of urea groups is 1. The lowest BCUT2D eigenvalue weighted by atomic mass is 10.00. The Bertz CT molecular complexity index is 933. The van der Waals surface area contributed by atoms with Gasteiger partial charge in [0, 0.05) is 18.8 Å². The first-order valence-electron chi connectivity index (χ1n) is 9.31. The minimum absolute atomic E-state index is 0.312. The molecule has 27 heavy (non-hydrogen) atoms. The largest absolute Gasteiger partial charge is 0.341 e. The number of fused-ring (bicyclic) bond motifs is 1. The summed E-state index contributed by atoms with van der Waals surface area (Å²) in [7, 11) is 0. The van der Waals surface area contributed by atoms with Crippen LogP contribution in [0.4, 0.5) is 22.1 Å². The highest BCUT2D eigenvalue weighted by molar-refractivity contribution is 6.01. The summed E-state index contributed by atoms with van der Waals surface area (Å²) in [6.07, 6.45) is 5.63. The molecule has 2 heterocycles. The molecular weight excluding hydrogens is 338 g/mol. The summed E-state index contributed by atoms with van der Waals surface area (Å²) in [4.78, 5) is 23.2. The number of aromatic nitrogens is 2. The number of carbonyl (C=O) groups excluding carboxylic acids is 1. The first-order valence-corrected chi connectivity index (χ1v) is 9.31. The molecule has 2 N–H and O–H groups in total. The van der Waals surface area contributed by atoms with Crippen LogP contribution in [0.2, 0.25) is 0 Å². The van der Waals surface area contributed by atoms with Crippen molar-refractivity contribution in [2.75, 3.05) is 28.6 Å². The number of piperidine rings is 1.